The van der Waals surface area contributed by atoms with E-state index in [2.05, 4.69) is 16.1 Å². The lowest BCUT2D eigenvalue weighted by Gasteiger charge is -2.29. The van der Waals surface area contributed by atoms with E-state index in [1.54, 1.807) is 6.20 Å². The molecular formula is C21H20N6O2. The lowest BCUT2D eigenvalue weighted by molar-refractivity contribution is 0.101. The number of hydrogen-bond acceptors (Lipinski definition) is 7. The highest BCUT2D eigenvalue weighted by molar-refractivity contribution is 6.04. The maximum absolute atomic E-state index is 12.4. The molecule has 8 nitrogen and oxygen atoms in total. The second-order valence-corrected chi connectivity index (χ2v) is 7.06. The lowest BCUT2D eigenvalue weighted by atomic mass is 10.1. The quantitative estimate of drug-likeness (QED) is 0.539. The number of Topliss-reactive ketones (excluding diaryl/α,β-unsaturated/α-hetero) is 1. The van der Waals surface area contributed by atoms with Crippen molar-refractivity contribution in [3.63, 3.8) is 0 Å². The number of rotatable bonds is 3. The third-order valence-corrected chi connectivity index (χ3v) is 5.23. The molecule has 0 bridgehead atoms. The van der Waals surface area contributed by atoms with Gasteiger partial charge in [0.25, 0.3) is 0 Å². The molecule has 1 aromatic carbocycles. The Morgan fingerprint density at radius 2 is 1.97 bits per heavy atom. The largest absolute Gasteiger partial charge is 0.383 e. The van der Waals surface area contributed by atoms with Gasteiger partial charge in [0.1, 0.15) is 17.2 Å². The molecule has 4 aromatic rings. The first-order valence-electron chi connectivity index (χ1n) is 9.49. The SMILES string of the molecule is CC(=O)c1c(N2CCOCC2)nc2c(-c3cnc4ccccc4c3)cnn2c1N. The van der Waals surface area contributed by atoms with E-state index < -0.39 is 0 Å². The van der Waals surface area contributed by atoms with Gasteiger partial charge in [-0.15, -0.1) is 0 Å². The molecule has 4 heterocycles. The van der Waals surface area contributed by atoms with Crippen LogP contribution in [0, 0.1) is 0 Å². The maximum Gasteiger partial charge on any atom is 0.167 e. The molecule has 29 heavy (non-hydrogen) atoms. The van der Waals surface area contributed by atoms with Gasteiger partial charge in [0.2, 0.25) is 0 Å². The normalized spacial score (nSPS) is 14.6. The monoisotopic (exact) mass is 388 g/mol. The molecule has 0 unspecified atom stereocenters. The van der Waals surface area contributed by atoms with Crippen molar-refractivity contribution < 1.29 is 9.53 Å². The van der Waals surface area contributed by atoms with Crippen molar-refractivity contribution in [3.8, 4) is 11.1 Å². The number of para-hydroxylation sites is 1. The molecule has 3 aromatic heterocycles. The number of ether oxygens (including phenoxy) is 1. The molecule has 1 fully saturated rings. The summed E-state index contributed by atoms with van der Waals surface area (Å²) in [4.78, 5) is 23.8. The average molecular weight is 388 g/mol. The highest BCUT2D eigenvalue weighted by Crippen LogP contribution is 2.32. The van der Waals surface area contributed by atoms with Crippen LogP contribution in [0.3, 0.4) is 0 Å². The molecule has 2 N–H and O–H groups in total. The molecule has 1 aliphatic rings. The summed E-state index contributed by atoms with van der Waals surface area (Å²) >= 11 is 0. The number of benzene rings is 1. The van der Waals surface area contributed by atoms with Gasteiger partial charge in [0.05, 0.1) is 24.9 Å². The van der Waals surface area contributed by atoms with Gasteiger partial charge in [-0.05, 0) is 19.1 Å². The fourth-order valence-corrected chi connectivity index (χ4v) is 3.77. The van der Waals surface area contributed by atoms with Crippen molar-refractivity contribution >= 4 is 34.0 Å². The number of morpholine rings is 1. The first kappa shape index (κ1) is 17.6. The summed E-state index contributed by atoms with van der Waals surface area (Å²) in [5.74, 6) is 0.744. The van der Waals surface area contributed by atoms with Crippen LogP contribution in [0.15, 0.2) is 42.7 Å². The van der Waals surface area contributed by atoms with Crippen LogP contribution in [-0.4, -0.2) is 51.7 Å². The number of hydrogen-bond donors (Lipinski definition) is 1. The van der Waals surface area contributed by atoms with E-state index in [1.165, 1.54) is 11.4 Å². The standard InChI is InChI=1S/C21H20N6O2/c1-13(28)18-19(22)27-20(25-21(18)26-6-8-29-9-7-26)16(12-24-27)15-10-14-4-2-3-5-17(14)23-11-15/h2-5,10-12H,6-9,22H2,1H3. The zero-order valence-corrected chi connectivity index (χ0v) is 16.0. The van der Waals surface area contributed by atoms with E-state index in [0.29, 0.717) is 49.1 Å². The van der Waals surface area contributed by atoms with Gasteiger partial charge < -0.3 is 15.4 Å². The molecule has 8 heteroatoms. The number of fused-ring (bicyclic) bond motifs is 2. The van der Waals surface area contributed by atoms with Gasteiger partial charge in [0, 0.05) is 35.8 Å². The predicted molar refractivity (Wildman–Crippen MR) is 111 cm³/mol. The lowest BCUT2D eigenvalue weighted by Crippen LogP contribution is -2.38. The van der Waals surface area contributed by atoms with E-state index >= 15 is 0 Å². The number of carbonyl (C=O) groups excluding carboxylic acids is 1. The number of nitrogen functional groups attached to an aromatic ring is 1. The summed E-state index contributed by atoms with van der Waals surface area (Å²) in [6.45, 7) is 3.99. The summed E-state index contributed by atoms with van der Waals surface area (Å²) in [5, 5.41) is 5.44. The summed E-state index contributed by atoms with van der Waals surface area (Å²) in [6, 6.07) is 10.00. The van der Waals surface area contributed by atoms with Crippen LogP contribution in [-0.2, 0) is 4.74 Å². The van der Waals surface area contributed by atoms with Gasteiger partial charge in [-0.3, -0.25) is 9.78 Å². The van der Waals surface area contributed by atoms with Gasteiger partial charge in [-0.2, -0.15) is 9.61 Å². The van der Waals surface area contributed by atoms with E-state index in [1.807, 2.05) is 35.4 Å². The second kappa shape index (κ2) is 6.82. The number of ketones is 1. The summed E-state index contributed by atoms with van der Waals surface area (Å²) in [6.07, 6.45) is 3.53. The number of nitrogens with two attached hydrogens (primary N) is 1. The minimum absolute atomic E-state index is 0.136. The van der Waals surface area contributed by atoms with Gasteiger partial charge in [0.15, 0.2) is 11.4 Å². The molecule has 0 radical (unpaired) electrons. The highest BCUT2D eigenvalue weighted by Gasteiger charge is 2.25. The van der Waals surface area contributed by atoms with E-state index in [0.717, 1.165) is 22.0 Å². The van der Waals surface area contributed by atoms with Crippen molar-refractivity contribution in [3.05, 3.63) is 48.3 Å². The zero-order chi connectivity index (χ0) is 20.0. The van der Waals surface area contributed by atoms with Crippen molar-refractivity contribution in [1.82, 2.24) is 19.6 Å². The maximum atomic E-state index is 12.4. The molecule has 146 valence electrons. The number of nitrogens with zero attached hydrogens (tertiary/aromatic N) is 5. The molecule has 1 saturated heterocycles. The minimum atomic E-state index is -0.136. The van der Waals surface area contributed by atoms with Crippen LogP contribution >= 0.6 is 0 Å². The van der Waals surface area contributed by atoms with Crippen LogP contribution in [0.25, 0.3) is 27.7 Å². The Morgan fingerprint density at radius 1 is 1.17 bits per heavy atom. The Morgan fingerprint density at radius 3 is 2.76 bits per heavy atom. The topological polar surface area (TPSA) is 98.6 Å². The van der Waals surface area contributed by atoms with Crippen molar-refractivity contribution in [1.29, 1.82) is 0 Å². The Labute approximate surface area is 166 Å². The van der Waals surface area contributed by atoms with Gasteiger partial charge >= 0.3 is 0 Å². The molecule has 0 aliphatic carbocycles. The Bertz CT molecular complexity index is 1240. The summed E-state index contributed by atoms with van der Waals surface area (Å²) in [7, 11) is 0. The zero-order valence-electron chi connectivity index (χ0n) is 16.0. The first-order chi connectivity index (χ1) is 14.1. The van der Waals surface area contributed by atoms with Crippen LogP contribution in [0.2, 0.25) is 0 Å². The van der Waals surface area contributed by atoms with Crippen molar-refractivity contribution in [2.45, 2.75) is 6.92 Å². The smallest absolute Gasteiger partial charge is 0.167 e. The van der Waals surface area contributed by atoms with E-state index in [9.17, 15) is 4.79 Å². The van der Waals surface area contributed by atoms with Gasteiger partial charge in [-0.25, -0.2) is 4.98 Å². The molecule has 0 spiro atoms. The molecule has 0 atom stereocenters. The first-order valence-corrected chi connectivity index (χ1v) is 9.49. The van der Waals surface area contributed by atoms with Crippen LogP contribution in [0.5, 0.6) is 0 Å². The number of pyridine rings is 1. The van der Waals surface area contributed by atoms with Crippen LogP contribution < -0.4 is 10.6 Å². The predicted octanol–water partition coefficient (Wildman–Crippen LogP) is 2.57. The minimum Gasteiger partial charge on any atom is -0.383 e. The third kappa shape index (κ3) is 2.89. The van der Waals surface area contributed by atoms with E-state index in [4.69, 9.17) is 15.5 Å². The second-order valence-electron chi connectivity index (χ2n) is 7.06. The number of carbonyl (C=O) groups is 1. The summed E-state index contributed by atoms with van der Waals surface area (Å²) in [5.41, 5.74) is 10.0. The number of aromatic nitrogens is 4. The number of anilines is 2. The Balaban J connectivity index is 1.73. The van der Waals surface area contributed by atoms with E-state index in [-0.39, 0.29) is 5.78 Å². The average Bonchev–Trinajstić information content (AvgIpc) is 3.18. The Kier molecular flexibility index (Phi) is 4.13. The van der Waals surface area contributed by atoms with Crippen molar-refractivity contribution in [2.24, 2.45) is 0 Å². The molecule has 0 saturated carbocycles. The molecular weight excluding hydrogens is 368 g/mol. The van der Waals surface area contributed by atoms with Crippen LogP contribution in [0.4, 0.5) is 11.6 Å². The highest BCUT2D eigenvalue weighted by atomic mass is 16.5. The van der Waals surface area contributed by atoms with Gasteiger partial charge in [-0.1, -0.05) is 18.2 Å². The molecule has 5 rings (SSSR count). The fraction of sp³-hybridized carbons (Fsp3) is 0.238. The van der Waals surface area contributed by atoms with Crippen LogP contribution in [0.1, 0.15) is 17.3 Å². The fourth-order valence-electron chi connectivity index (χ4n) is 3.77. The van der Waals surface area contributed by atoms with Crippen molar-refractivity contribution in [2.75, 3.05) is 36.9 Å². The third-order valence-electron chi connectivity index (χ3n) is 5.23. The molecule has 1 aliphatic heterocycles. The summed E-state index contributed by atoms with van der Waals surface area (Å²) < 4.78 is 6.98. The molecule has 0 amide bonds. The Hall–Kier alpha value is -3.52.